The number of nitrogens with two attached hydrogens (primary N) is 1. The fourth-order valence-corrected chi connectivity index (χ4v) is 2.77. The highest BCUT2D eigenvalue weighted by Gasteiger charge is 2.16. The van der Waals surface area contributed by atoms with Gasteiger partial charge in [-0.25, -0.2) is 0 Å². The molecule has 1 saturated heterocycles. The Morgan fingerprint density at radius 1 is 1.26 bits per heavy atom. The van der Waals surface area contributed by atoms with E-state index in [0.29, 0.717) is 0 Å². The van der Waals surface area contributed by atoms with E-state index in [-0.39, 0.29) is 5.54 Å². The molecule has 2 N–H and O–H groups in total. The van der Waals surface area contributed by atoms with Crippen molar-refractivity contribution in [2.75, 3.05) is 20.2 Å². The van der Waals surface area contributed by atoms with Crippen LogP contribution >= 0.6 is 0 Å². The Bertz CT molecular complexity index is 417. The van der Waals surface area contributed by atoms with Gasteiger partial charge in [0.05, 0.1) is 7.11 Å². The third kappa shape index (κ3) is 4.22. The molecule has 19 heavy (non-hydrogen) atoms. The molecule has 0 radical (unpaired) electrons. The lowest BCUT2D eigenvalue weighted by Gasteiger charge is -2.21. The molecule has 0 saturated carbocycles. The maximum atomic E-state index is 6.11. The summed E-state index contributed by atoms with van der Waals surface area (Å²) in [6, 6.07) is 6.46. The minimum Gasteiger partial charge on any atom is -0.496 e. The molecule has 3 heteroatoms. The van der Waals surface area contributed by atoms with Crippen LogP contribution in [0.15, 0.2) is 18.2 Å². The highest BCUT2D eigenvalue weighted by molar-refractivity contribution is 5.38. The van der Waals surface area contributed by atoms with E-state index < -0.39 is 0 Å². The monoisotopic (exact) mass is 262 g/mol. The van der Waals surface area contributed by atoms with Crippen molar-refractivity contribution in [3.8, 4) is 5.75 Å². The molecule has 0 unspecified atom stereocenters. The summed E-state index contributed by atoms with van der Waals surface area (Å²) in [5.74, 6) is 0.991. The van der Waals surface area contributed by atoms with Crippen molar-refractivity contribution in [1.29, 1.82) is 0 Å². The van der Waals surface area contributed by atoms with Gasteiger partial charge in [-0.2, -0.15) is 0 Å². The third-order valence-corrected chi connectivity index (χ3v) is 3.60. The van der Waals surface area contributed by atoms with Gasteiger partial charge < -0.3 is 10.5 Å². The number of nitrogens with zero attached hydrogens (tertiary/aromatic N) is 1. The highest BCUT2D eigenvalue weighted by atomic mass is 16.5. The van der Waals surface area contributed by atoms with E-state index in [1.165, 1.54) is 37.1 Å². The van der Waals surface area contributed by atoms with E-state index in [1.807, 2.05) is 0 Å². The molecule has 1 aromatic carbocycles. The van der Waals surface area contributed by atoms with Crippen LogP contribution in [0.1, 0.15) is 37.8 Å². The Balaban J connectivity index is 2.15. The van der Waals surface area contributed by atoms with Gasteiger partial charge in [-0.3, -0.25) is 4.90 Å². The van der Waals surface area contributed by atoms with Gasteiger partial charge in [0.1, 0.15) is 5.75 Å². The molecule has 2 rings (SSSR count). The maximum Gasteiger partial charge on any atom is 0.123 e. The van der Waals surface area contributed by atoms with Crippen LogP contribution in [0.3, 0.4) is 0 Å². The second-order valence-electron chi connectivity index (χ2n) is 6.29. The fourth-order valence-electron chi connectivity index (χ4n) is 2.77. The smallest absolute Gasteiger partial charge is 0.123 e. The number of benzene rings is 1. The Kier molecular flexibility index (Phi) is 4.48. The minimum atomic E-state index is -0.167. The largest absolute Gasteiger partial charge is 0.496 e. The van der Waals surface area contributed by atoms with Gasteiger partial charge in [-0.05, 0) is 57.8 Å². The van der Waals surface area contributed by atoms with Crippen molar-refractivity contribution >= 4 is 0 Å². The van der Waals surface area contributed by atoms with E-state index in [9.17, 15) is 0 Å². The average Bonchev–Trinajstić information content (AvgIpc) is 2.80. The van der Waals surface area contributed by atoms with Crippen LogP contribution in [0.5, 0.6) is 5.75 Å². The van der Waals surface area contributed by atoms with Gasteiger partial charge in [0.15, 0.2) is 0 Å². The first-order chi connectivity index (χ1) is 8.98. The van der Waals surface area contributed by atoms with E-state index >= 15 is 0 Å². The summed E-state index contributed by atoms with van der Waals surface area (Å²) in [6.07, 6.45) is 3.53. The van der Waals surface area contributed by atoms with Gasteiger partial charge in [0.25, 0.3) is 0 Å². The van der Waals surface area contributed by atoms with Gasteiger partial charge in [0.2, 0.25) is 0 Å². The van der Waals surface area contributed by atoms with Crippen LogP contribution in [-0.4, -0.2) is 30.6 Å². The van der Waals surface area contributed by atoms with Crippen molar-refractivity contribution in [1.82, 2.24) is 4.90 Å². The molecule has 3 nitrogen and oxygen atoms in total. The lowest BCUT2D eigenvalue weighted by atomic mass is 9.95. The van der Waals surface area contributed by atoms with Crippen LogP contribution in [0.2, 0.25) is 0 Å². The molecule has 1 aliphatic heterocycles. The second kappa shape index (κ2) is 5.93. The number of methoxy groups -OCH3 is 1. The molecule has 1 heterocycles. The first-order valence-electron chi connectivity index (χ1n) is 7.15. The molecule has 0 spiro atoms. The zero-order chi connectivity index (χ0) is 13.9. The quantitative estimate of drug-likeness (QED) is 0.886. The van der Waals surface area contributed by atoms with E-state index in [4.69, 9.17) is 10.5 Å². The zero-order valence-electron chi connectivity index (χ0n) is 12.4. The molecule has 1 aliphatic rings. The number of rotatable bonds is 5. The SMILES string of the molecule is COc1ccc(CC(C)(C)N)cc1CN1CCCC1. The summed E-state index contributed by atoms with van der Waals surface area (Å²) in [7, 11) is 1.75. The fraction of sp³-hybridized carbons (Fsp3) is 0.625. The first kappa shape index (κ1) is 14.4. The normalized spacial score (nSPS) is 16.8. The van der Waals surface area contributed by atoms with Gasteiger partial charge in [-0.1, -0.05) is 12.1 Å². The number of likely N-dealkylation sites (tertiary alicyclic amines) is 1. The molecular weight excluding hydrogens is 236 g/mol. The van der Waals surface area contributed by atoms with E-state index in [2.05, 4.69) is 36.9 Å². The van der Waals surface area contributed by atoms with Gasteiger partial charge >= 0.3 is 0 Å². The van der Waals surface area contributed by atoms with Gasteiger partial charge in [0, 0.05) is 17.6 Å². The topological polar surface area (TPSA) is 38.5 Å². The maximum absolute atomic E-state index is 6.11. The Morgan fingerprint density at radius 2 is 1.95 bits per heavy atom. The van der Waals surface area contributed by atoms with Crippen LogP contribution in [0, 0.1) is 0 Å². The predicted octanol–water partition coefficient (Wildman–Crippen LogP) is 2.57. The summed E-state index contributed by atoms with van der Waals surface area (Å²) in [6.45, 7) is 7.53. The number of hydrogen-bond acceptors (Lipinski definition) is 3. The van der Waals surface area contributed by atoms with Crippen molar-refractivity contribution in [2.45, 2.75) is 45.2 Å². The summed E-state index contributed by atoms with van der Waals surface area (Å²) < 4.78 is 5.48. The molecule has 0 bridgehead atoms. The molecular formula is C16H26N2O. The third-order valence-electron chi connectivity index (χ3n) is 3.60. The van der Waals surface area contributed by atoms with Crippen LogP contribution in [0.4, 0.5) is 0 Å². The van der Waals surface area contributed by atoms with Gasteiger partial charge in [-0.15, -0.1) is 0 Å². The Labute approximate surface area is 116 Å². The molecule has 0 aliphatic carbocycles. The summed E-state index contributed by atoms with van der Waals surface area (Å²) in [4.78, 5) is 2.50. The molecule has 0 atom stereocenters. The lowest BCUT2D eigenvalue weighted by molar-refractivity contribution is 0.320. The molecule has 1 fully saturated rings. The van der Waals surface area contributed by atoms with Crippen molar-refractivity contribution in [2.24, 2.45) is 5.73 Å². The van der Waals surface area contributed by atoms with E-state index in [1.54, 1.807) is 7.11 Å². The minimum absolute atomic E-state index is 0.167. The molecule has 0 aromatic heterocycles. The van der Waals surface area contributed by atoms with Crippen LogP contribution < -0.4 is 10.5 Å². The summed E-state index contributed by atoms with van der Waals surface area (Å²) in [5.41, 5.74) is 8.52. The van der Waals surface area contributed by atoms with E-state index in [0.717, 1.165) is 18.7 Å². The lowest BCUT2D eigenvalue weighted by Crippen LogP contribution is -2.34. The number of ether oxygens (including phenoxy) is 1. The zero-order valence-corrected chi connectivity index (χ0v) is 12.4. The van der Waals surface area contributed by atoms with Crippen molar-refractivity contribution in [3.63, 3.8) is 0 Å². The Morgan fingerprint density at radius 3 is 2.53 bits per heavy atom. The van der Waals surface area contributed by atoms with Crippen LogP contribution in [-0.2, 0) is 13.0 Å². The molecule has 0 amide bonds. The average molecular weight is 262 g/mol. The summed E-state index contributed by atoms with van der Waals surface area (Å²) in [5, 5.41) is 0. The summed E-state index contributed by atoms with van der Waals surface area (Å²) >= 11 is 0. The standard InChI is InChI=1S/C16H26N2O/c1-16(2,17)11-13-6-7-15(19-3)14(10-13)12-18-8-4-5-9-18/h6-7,10H,4-5,8-9,11-12,17H2,1-3H3. The molecule has 106 valence electrons. The highest BCUT2D eigenvalue weighted by Crippen LogP contribution is 2.24. The van der Waals surface area contributed by atoms with Crippen molar-refractivity contribution < 1.29 is 4.74 Å². The van der Waals surface area contributed by atoms with Crippen LogP contribution in [0.25, 0.3) is 0 Å². The second-order valence-corrected chi connectivity index (χ2v) is 6.29. The molecule has 1 aromatic rings. The Hall–Kier alpha value is -1.06. The first-order valence-corrected chi connectivity index (χ1v) is 7.15. The number of hydrogen-bond donors (Lipinski definition) is 1. The predicted molar refractivity (Wildman–Crippen MR) is 79.5 cm³/mol. The van der Waals surface area contributed by atoms with Crippen molar-refractivity contribution in [3.05, 3.63) is 29.3 Å².